The number of nitrogens with one attached hydrogen (secondary N) is 2. The molecule has 4 nitrogen and oxygen atoms in total. The molecule has 0 aliphatic rings. The van der Waals surface area contributed by atoms with Crippen LogP contribution in [0.4, 0.5) is 0 Å². The third-order valence-electron chi connectivity index (χ3n) is 2.34. The van der Waals surface area contributed by atoms with Crippen molar-refractivity contribution in [2.75, 3.05) is 0 Å². The lowest BCUT2D eigenvalue weighted by Gasteiger charge is -2.09. The summed E-state index contributed by atoms with van der Waals surface area (Å²) in [4.78, 5) is 16.2. The van der Waals surface area contributed by atoms with Gasteiger partial charge in [0, 0.05) is 5.69 Å². The first kappa shape index (κ1) is 9.73. The first-order valence-corrected chi connectivity index (χ1v) is 4.70. The molecule has 1 heterocycles. The van der Waals surface area contributed by atoms with E-state index in [2.05, 4.69) is 9.97 Å². The largest absolute Gasteiger partial charge is 0.382 e. The lowest BCUT2D eigenvalue weighted by atomic mass is 10.1. The summed E-state index contributed by atoms with van der Waals surface area (Å²) in [5.74, 6) is 0. The second-order valence-corrected chi connectivity index (χ2v) is 3.43. The molecule has 1 atom stereocenters. The van der Waals surface area contributed by atoms with E-state index in [0.29, 0.717) is 11.4 Å². The van der Waals surface area contributed by atoms with Gasteiger partial charge < -0.3 is 15.1 Å². The Morgan fingerprint density at radius 2 is 1.87 bits per heavy atom. The first-order chi connectivity index (χ1) is 7.18. The van der Waals surface area contributed by atoms with Gasteiger partial charge >= 0.3 is 5.69 Å². The maximum absolute atomic E-state index is 11.0. The molecule has 1 aromatic carbocycles. The van der Waals surface area contributed by atoms with Gasteiger partial charge in [0.25, 0.3) is 0 Å². The van der Waals surface area contributed by atoms with Crippen LogP contribution in [0.15, 0.2) is 35.1 Å². The Labute approximate surface area is 86.6 Å². The van der Waals surface area contributed by atoms with Gasteiger partial charge in [-0.1, -0.05) is 30.3 Å². The van der Waals surface area contributed by atoms with Crippen molar-refractivity contribution >= 4 is 0 Å². The second kappa shape index (κ2) is 3.74. The van der Waals surface area contributed by atoms with Crippen molar-refractivity contribution in [3.63, 3.8) is 0 Å². The Hall–Kier alpha value is -1.81. The minimum Gasteiger partial charge on any atom is -0.382 e. The maximum Gasteiger partial charge on any atom is 0.323 e. The van der Waals surface area contributed by atoms with Crippen molar-refractivity contribution in [2.24, 2.45) is 0 Å². The van der Waals surface area contributed by atoms with Gasteiger partial charge in [0.1, 0.15) is 6.10 Å². The lowest BCUT2D eigenvalue weighted by Crippen LogP contribution is -2.05. The molecule has 1 aromatic heterocycles. The number of hydrogen-bond donors (Lipinski definition) is 3. The van der Waals surface area contributed by atoms with E-state index in [9.17, 15) is 9.90 Å². The normalized spacial score (nSPS) is 12.7. The molecule has 0 bridgehead atoms. The Balaban J connectivity index is 2.41. The van der Waals surface area contributed by atoms with Crippen LogP contribution < -0.4 is 5.69 Å². The van der Waals surface area contributed by atoms with Gasteiger partial charge in [-0.2, -0.15) is 0 Å². The molecule has 15 heavy (non-hydrogen) atoms. The van der Waals surface area contributed by atoms with E-state index < -0.39 is 6.10 Å². The Kier molecular flexibility index (Phi) is 2.43. The predicted octanol–water partition coefficient (Wildman–Crippen LogP) is 1.09. The highest BCUT2D eigenvalue weighted by atomic mass is 16.3. The van der Waals surface area contributed by atoms with Crippen molar-refractivity contribution in [3.8, 4) is 0 Å². The highest BCUT2D eigenvalue weighted by Crippen LogP contribution is 2.20. The number of aryl methyl sites for hydroxylation is 1. The molecule has 0 saturated heterocycles. The van der Waals surface area contributed by atoms with Crippen molar-refractivity contribution in [2.45, 2.75) is 13.0 Å². The van der Waals surface area contributed by atoms with Crippen LogP contribution in [0.5, 0.6) is 0 Å². The molecule has 4 heteroatoms. The minimum absolute atomic E-state index is 0.294. The van der Waals surface area contributed by atoms with Crippen molar-refractivity contribution in [3.05, 3.63) is 57.8 Å². The summed E-state index contributed by atoms with van der Waals surface area (Å²) in [6.07, 6.45) is -0.787. The zero-order valence-corrected chi connectivity index (χ0v) is 8.32. The number of imidazole rings is 1. The van der Waals surface area contributed by atoms with Crippen LogP contribution in [0.3, 0.4) is 0 Å². The fourth-order valence-electron chi connectivity index (χ4n) is 1.56. The highest BCUT2D eigenvalue weighted by Gasteiger charge is 2.14. The summed E-state index contributed by atoms with van der Waals surface area (Å²) in [5.41, 5.74) is 1.65. The van der Waals surface area contributed by atoms with Crippen molar-refractivity contribution in [1.29, 1.82) is 0 Å². The standard InChI is InChI=1S/C11H12N2O2/c1-7-9(13-11(15)12-7)10(14)8-5-3-2-4-6-8/h2-6,10,14H,1H3,(H2,12,13,15). The number of aliphatic hydroxyl groups excluding tert-OH is 1. The van der Waals surface area contributed by atoms with E-state index in [4.69, 9.17) is 0 Å². The first-order valence-electron chi connectivity index (χ1n) is 4.70. The fourth-order valence-corrected chi connectivity index (χ4v) is 1.56. The van der Waals surface area contributed by atoms with Crippen LogP contribution in [0.2, 0.25) is 0 Å². The van der Waals surface area contributed by atoms with E-state index in [0.717, 1.165) is 5.56 Å². The second-order valence-electron chi connectivity index (χ2n) is 3.43. The lowest BCUT2D eigenvalue weighted by molar-refractivity contribution is 0.215. The summed E-state index contributed by atoms with van der Waals surface area (Å²) < 4.78 is 0. The number of rotatable bonds is 2. The Morgan fingerprint density at radius 1 is 1.20 bits per heavy atom. The maximum atomic E-state index is 11.0. The molecule has 0 spiro atoms. The number of aromatic amines is 2. The molecule has 2 rings (SSSR count). The molecule has 0 aliphatic carbocycles. The number of aromatic nitrogens is 2. The smallest absolute Gasteiger partial charge is 0.323 e. The third-order valence-corrected chi connectivity index (χ3v) is 2.34. The predicted molar refractivity (Wildman–Crippen MR) is 56.7 cm³/mol. The molecule has 0 saturated carbocycles. The average Bonchev–Trinajstić information content (AvgIpc) is 2.58. The van der Waals surface area contributed by atoms with Gasteiger partial charge in [-0.25, -0.2) is 4.79 Å². The third kappa shape index (κ3) is 1.85. The molecule has 1 unspecified atom stereocenters. The topological polar surface area (TPSA) is 68.9 Å². The molecule has 2 aromatic rings. The Bertz CT molecular complexity index is 499. The monoisotopic (exact) mass is 204 g/mol. The van der Waals surface area contributed by atoms with Crippen LogP contribution in [-0.2, 0) is 0 Å². The highest BCUT2D eigenvalue weighted by molar-refractivity contribution is 5.27. The van der Waals surface area contributed by atoms with Gasteiger partial charge in [0.05, 0.1) is 5.69 Å². The van der Waals surface area contributed by atoms with Crippen LogP contribution in [-0.4, -0.2) is 15.1 Å². The minimum atomic E-state index is -0.787. The van der Waals surface area contributed by atoms with Gasteiger partial charge in [-0.15, -0.1) is 0 Å². The number of aliphatic hydroxyl groups is 1. The summed E-state index contributed by atoms with van der Waals surface area (Å²) in [6, 6.07) is 9.20. The van der Waals surface area contributed by atoms with Crippen LogP contribution in [0, 0.1) is 6.92 Å². The van der Waals surface area contributed by atoms with E-state index in [1.54, 1.807) is 6.92 Å². The summed E-state index contributed by atoms with van der Waals surface area (Å²) in [5, 5.41) is 10.00. The molecular formula is C11H12N2O2. The number of H-pyrrole nitrogens is 2. The van der Waals surface area contributed by atoms with E-state index in [-0.39, 0.29) is 5.69 Å². The molecular weight excluding hydrogens is 192 g/mol. The van der Waals surface area contributed by atoms with Gasteiger partial charge in [0.15, 0.2) is 0 Å². The average molecular weight is 204 g/mol. The zero-order valence-electron chi connectivity index (χ0n) is 8.32. The summed E-state index contributed by atoms with van der Waals surface area (Å²) in [6.45, 7) is 1.75. The molecule has 3 N–H and O–H groups in total. The van der Waals surface area contributed by atoms with Crippen LogP contribution >= 0.6 is 0 Å². The van der Waals surface area contributed by atoms with E-state index in [1.165, 1.54) is 0 Å². The molecule has 0 aliphatic heterocycles. The molecule has 0 radical (unpaired) electrons. The van der Waals surface area contributed by atoms with E-state index in [1.807, 2.05) is 30.3 Å². The SMILES string of the molecule is Cc1[nH]c(=O)[nH]c1C(O)c1ccccc1. The van der Waals surface area contributed by atoms with Gasteiger partial charge in [-0.3, -0.25) is 0 Å². The quantitative estimate of drug-likeness (QED) is 0.685. The van der Waals surface area contributed by atoms with Crippen LogP contribution in [0.1, 0.15) is 23.1 Å². The van der Waals surface area contributed by atoms with Crippen molar-refractivity contribution < 1.29 is 5.11 Å². The fraction of sp³-hybridized carbons (Fsp3) is 0.182. The summed E-state index contributed by atoms with van der Waals surface area (Å²) >= 11 is 0. The summed E-state index contributed by atoms with van der Waals surface area (Å²) in [7, 11) is 0. The van der Waals surface area contributed by atoms with Gasteiger partial charge in [0.2, 0.25) is 0 Å². The van der Waals surface area contributed by atoms with Crippen LogP contribution in [0.25, 0.3) is 0 Å². The molecule has 78 valence electrons. The van der Waals surface area contributed by atoms with Crippen molar-refractivity contribution in [1.82, 2.24) is 9.97 Å². The Morgan fingerprint density at radius 3 is 2.40 bits per heavy atom. The van der Waals surface area contributed by atoms with Gasteiger partial charge in [-0.05, 0) is 12.5 Å². The number of hydrogen-bond acceptors (Lipinski definition) is 2. The molecule has 0 amide bonds. The molecule has 0 fully saturated rings. The van der Waals surface area contributed by atoms with E-state index >= 15 is 0 Å². The zero-order chi connectivity index (χ0) is 10.8. The number of benzene rings is 1.